The Hall–Kier alpha value is -3.45. The van der Waals surface area contributed by atoms with Gasteiger partial charge < -0.3 is 9.80 Å². The van der Waals surface area contributed by atoms with E-state index in [2.05, 4.69) is 32.3 Å². The lowest BCUT2D eigenvalue weighted by Gasteiger charge is -2.36. The van der Waals surface area contributed by atoms with E-state index in [4.69, 9.17) is 11.6 Å². The highest BCUT2D eigenvalue weighted by Crippen LogP contribution is 2.26. The van der Waals surface area contributed by atoms with Crippen LogP contribution in [-0.4, -0.2) is 56.8 Å². The van der Waals surface area contributed by atoms with Crippen molar-refractivity contribution < 1.29 is 4.79 Å². The molecule has 0 atom stereocenters. The first-order chi connectivity index (χ1) is 15.1. The molecule has 7 nitrogen and oxygen atoms in total. The summed E-state index contributed by atoms with van der Waals surface area (Å²) in [6.45, 7) is 4.71. The fourth-order valence-corrected chi connectivity index (χ4v) is 4.07. The molecule has 0 radical (unpaired) electrons. The normalized spacial score (nSPS) is 14.3. The number of anilines is 1. The number of carbonyl (C=O) groups excluding carboxylic acids is 1. The molecule has 5 rings (SSSR count). The minimum atomic E-state index is -0.108. The third-order valence-corrected chi connectivity index (χ3v) is 5.95. The van der Waals surface area contributed by atoms with Gasteiger partial charge in [-0.05, 0) is 36.8 Å². The van der Waals surface area contributed by atoms with Crippen molar-refractivity contribution in [1.82, 2.24) is 24.7 Å². The quantitative estimate of drug-likeness (QED) is 0.493. The van der Waals surface area contributed by atoms with E-state index in [9.17, 15) is 4.79 Å². The molecule has 8 heteroatoms. The van der Waals surface area contributed by atoms with Gasteiger partial charge in [0.15, 0.2) is 11.3 Å². The second kappa shape index (κ2) is 8.00. The zero-order chi connectivity index (χ0) is 21.4. The fourth-order valence-electron chi connectivity index (χ4n) is 3.94. The lowest BCUT2D eigenvalue weighted by Crippen LogP contribution is -2.49. The van der Waals surface area contributed by atoms with Gasteiger partial charge >= 0.3 is 0 Å². The topological polar surface area (TPSA) is 66.6 Å². The fraction of sp³-hybridized carbons (Fsp3) is 0.217. The van der Waals surface area contributed by atoms with Crippen molar-refractivity contribution in [2.24, 2.45) is 0 Å². The van der Waals surface area contributed by atoms with Crippen molar-refractivity contribution in [3.8, 4) is 11.1 Å². The minimum absolute atomic E-state index is 0.108. The molecule has 0 saturated carbocycles. The molecular formula is C23H21ClN6O. The summed E-state index contributed by atoms with van der Waals surface area (Å²) >= 11 is 6.00. The van der Waals surface area contributed by atoms with E-state index in [-0.39, 0.29) is 5.91 Å². The summed E-state index contributed by atoms with van der Waals surface area (Å²) in [5.74, 6) is -0.108. The number of carbonyl (C=O) groups is 1. The van der Waals surface area contributed by atoms with Crippen LogP contribution >= 0.6 is 11.6 Å². The number of para-hydroxylation sites is 1. The summed E-state index contributed by atoms with van der Waals surface area (Å²) in [6, 6.07) is 17.7. The van der Waals surface area contributed by atoms with Crippen LogP contribution in [0.3, 0.4) is 0 Å². The molecule has 1 fully saturated rings. The Morgan fingerprint density at radius 3 is 2.35 bits per heavy atom. The second-order valence-electron chi connectivity index (χ2n) is 7.55. The standard InChI is InChI=1S/C23H21ClN6O/c1-16-21(23(31)29-13-11-28(12-14-29)19-5-3-2-4-6-19)26-27-22-20(15-25-30(16)22)17-7-9-18(24)10-8-17/h2-10,15H,11-14H2,1H3. The van der Waals surface area contributed by atoms with E-state index < -0.39 is 0 Å². The Balaban J connectivity index is 1.37. The van der Waals surface area contributed by atoms with Crippen molar-refractivity contribution in [2.75, 3.05) is 31.1 Å². The highest BCUT2D eigenvalue weighted by atomic mass is 35.5. The van der Waals surface area contributed by atoms with Gasteiger partial charge in [-0.2, -0.15) is 5.10 Å². The van der Waals surface area contributed by atoms with E-state index in [1.165, 1.54) is 5.69 Å². The number of halogens is 1. The number of hydrogen-bond donors (Lipinski definition) is 0. The van der Waals surface area contributed by atoms with Crippen molar-refractivity contribution in [2.45, 2.75) is 6.92 Å². The van der Waals surface area contributed by atoms with Crippen LogP contribution in [0, 0.1) is 6.92 Å². The summed E-state index contributed by atoms with van der Waals surface area (Å²) in [5.41, 5.74) is 4.61. The predicted octanol–water partition coefficient (Wildman–Crippen LogP) is 3.72. The van der Waals surface area contributed by atoms with E-state index in [0.29, 0.717) is 35.1 Å². The monoisotopic (exact) mass is 432 g/mol. The van der Waals surface area contributed by atoms with Crippen LogP contribution in [0.15, 0.2) is 60.8 Å². The zero-order valence-corrected chi connectivity index (χ0v) is 17.8. The molecule has 0 N–H and O–H groups in total. The van der Waals surface area contributed by atoms with Crippen LogP contribution in [0.1, 0.15) is 16.2 Å². The number of rotatable bonds is 3. The number of benzene rings is 2. The number of aryl methyl sites for hydroxylation is 1. The van der Waals surface area contributed by atoms with Gasteiger partial charge in [0.05, 0.1) is 11.9 Å². The smallest absolute Gasteiger partial charge is 0.276 e. The molecule has 31 heavy (non-hydrogen) atoms. The molecule has 156 valence electrons. The molecule has 0 spiro atoms. The molecule has 0 bridgehead atoms. The number of hydrogen-bond acceptors (Lipinski definition) is 5. The first-order valence-electron chi connectivity index (χ1n) is 10.2. The van der Waals surface area contributed by atoms with Crippen molar-refractivity contribution in [3.05, 3.63) is 77.2 Å². The highest BCUT2D eigenvalue weighted by molar-refractivity contribution is 6.30. The largest absolute Gasteiger partial charge is 0.368 e. The Morgan fingerprint density at radius 1 is 0.935 bits per heavy atom. The molecule has 2 aromatic carbocycles. The first-order valence-corrected chi connectivity index (χ1v) is 10.6. The van der Waals surface area contributed by atoms with Gasteiger partial charge in [0.1, 0.15) is 0 Å². The molecule has 4 aromatic rings. The summed E-state index contributed by atoms with van der Waals surface area (Å²) in [4.78, 5) is 17.3. The third kappa shape index (κ3) is 3.61. The SMILES string of the molecule is Cc1c(C(=O)N2CCN(c3ccccc3)CC2)nnc2c(-c3ccc(Cl)cc3)cnn12. The first kappa shape index (κ1) is 19.5. The van der Waals surface area contributed by atoms with Gasteiger partial charge in [0, 0.05) is 42.5 Å². The van der Waals surface area contributed by atoms with Gasteiger partial charge in [-0.3, -0.25) is 4.79 Å². The summed E-state index contributed by atoms with van der Waals surface area (Å²) in [7, 11) is 0. The van der Waals surface area contributed by atoms with Gasteiger partial charge in [-0.1, -0.05) is 41.9 Å². The van der Waals surface area contributed by atoms with Crippen LogP contribution in [0.5, 0.6) is 0 Å². The minimum Gasteiger partial charge on any atom is -0.368 e. The van der Waals surface area contributed by atoms with Crippen LogP contribution < -0.4 is 4.90 Å². The van der Waals surface area contributed by atoms with Crippen molar-refractivity contribution >= 4 is 28.8 Å². The number of nitrogens with zero attached hydrogens (tertiary/aromatic N) is 6. The molecule has 2 aromatic heterocycles. The maximum absolute atomic E-state index is 13.2. The number of piperazine rings is 1. The van der Waals surface area contributed by atoms with Crippen LogP contribution in [0.4, 0.5) is 5.69 Å². The van der Waals surface area contributed by atoms with Gasteiger partial charge in [-0.15, -0.1) is 10.2 Å². The van der Waals surface area contributed by atoms with Crippen LogP contribution in [0.2, 0.25) is 5.02 Å². The van der Waals surface area contributed by atoms with Crippen molar-refractivity contribution in [1.29, 1.82) is 0 Å². The Labute approximate surface area is 184 Å². The van der Waals surface area contributed by atoms with Gasteiger partial charge in [0.25, 0.3) is 5.91 Å². The maximum Gasteiger partial charge on any atom is 0.276 e. The summed E-state index contributed by atoms with van der Waals surface area (Å²) in [5, 5.41) is 13.8. The highest BCUT2D eigenvalue weighted by Gasteiger charge is 2.26. The van der Waals surface area contributed by atoms with E-state index in [1.54, 1.807) is 10.7 Å². The van der Waals surface area contributed by atoms with E-state index in [0.717, 1.165) is 24.2 Å². The second-order valence-corrected chi connectivity index (χ2v) is 7.99. The molecule has 0 unspecified atom stereocenters. The third-order valence-electron chi connectivity index (χ3n) is 5.69. The average Bonchev–Trinajstić information content (AvgIpc) is 3.25. The Bertz CT molecular complexity index is 1230. The molecule has 1 saturated heterocycles. The Morgan fingerprint density at radius 2 is 1.65 bits per heavy atom. The summed E-state index contributed by atoms with van der Waals surface area (Å²) < 4.78 is 1.68. The number of amides is 1. The predicted molar refractivity (Wildman–Crippen MR) is 121 cm³/mol. The van der Waals surface area contributed by atoms with Crippen molar-refractivity contribution in [3.63, 3.8) is 0 Å². The zero-order valence-electron chi connectivity index (χ0n) is 17.1. The molecule has 0 aliphatic carbocycles. The molecule has 1 aliphatic heterocycles. The van der Waals surface area contributed by atoms with Gasteiger partial charge in [-0.25, -0.2) is 4.52 Å². The Kier molecular flexibility index (Phi) is 5.03. The van der Waals surface area contributed by atoms with Crippen LogP contribution in [0.25, 0.3) is 16.8 Å². The number of fused-ring (bicyclic) bond motifs is 1. The molecular weight excluding hydrogens is 412 g/mol. The lowest BCUT2D eigenvalue weighted by atomic mass is 10.1. The van der Waals surface area contributed by atoms with Crippen LogP contribution in [-0.2, 0) is 0 Å². The molecule has 3 heterocycles. The summed E-state index contributed by atoms with van der Waals surface area (Å²) in [6.07, 6.45) is 1.74. The molecule has 1 aliphatic rings. The van der Waals surface area contributed by atoms with E-state index in [1.807, 2.05) is 54.3 Å². The van der Waals surface area contributed by atoms with Gasteiger partial charge in [0.2, 0.25) is 0 Å². The van der Waals surface area contributed by atoms with E-state index >= 15 is 0 Å². The lowest BCUT2D eigenvalue weighted by molar-refractivity contribution is 0.0738. The average molecular weight is 433 g/mol. The number of aromatic nitrogens is 4. The molecule has 1 amide bonds. The maximum atomic E-state index is 13.2.